The first kappa shape index (κ1) is 16.0. The lowest BCUT2D eigenvalue weighted by molar-refractivity contribution is -0.146. The van der Waals surface area contributed by atoms with E-state index in [2.05, 4.69) is 26.9 Å². The van der Waals surface area contributed by atoms with Crippen LogP contribution in [0.25, 0.3) is 0 Å². The van der Waals surface area contributed by atoms with Crippen molar-refractivity contribution in [2.24, 2.45) is 11.8 Å². The van der Waals surface area contributed by atoms with Crippen LogP contribution in [0.2, 0.25) is 0 Å². The second-order valence-electron chi connectivity index (χ2n) is 7.51. The molecule has 1 aromatic rings. The Morgan fingerprint density at radius 2 is 1.88 bits per heavy atom. The van der Waals surface area contributed by atoms with Gasteiger partial charge in [0.1, 0.15) is 0 Å². The van der Waals surface area contributed by atoms with Crippen LogP contribution in [0.1, 0.15) is 31.2 Å². The molecule has 0 atom stereocenters. The lowest BCUT2D eigenvalue weighted by atomic mass is 9.95. The van der Waals surface area contributed by atoms with Gasteiger partial charge in [-0.15, -0.1) is 0 Å². The van der Waals surface area contributed by atoms with Gasteiger partial charge in [-0.3, -0.25) is 14.7 Å². The summed E-state index contributed by atoms with van der Waals surface area (Å²) in [6, 6.07) is 4.72. The van der Waals surface area contributed by atoms with Crippen LogP contribution < -0.4 is 0 Å². The van der Waals surface area contributed by atoms with Gasteiger partial charge in [0.2, 0.25) is 5.91 Å². The first-order valence-corrected chi connectivity index (χ1v) is 9.29. The van der Waals surface area contributed by atoms with Crippen LogP contribution in [0.4, 0.5) is 0 Å². The maximum Gasteiger partial charge on any atom is 0.225 e. The standard InChI is InChI=1S/C19H27N3O2/c23-19(17-5-9-24-10-6-17)22-13-18(14-22)21(11-15-1-2-15)12-16-3-7-20-8-4-16/h3-4,7-8,15,17-18H,1-2,5-6,9-14H2. The number of aromatic nitrogens is 1. The maximum atomic E-state index is 12.6. The second kappa shape index (κ2) is 7.19. The Morgan fingerprint density at radius 3 is 2.54 bits per heavy atom. The van der Waals surface area contributed by atoms with Crippen LogP contribution in [0, 0.1) is 11.8 Å². The predicted molar refractivity (Wildman–Crippen MR) is 91.3 cm³/mol. The molecule has 3 heterocycles. The van der Waals surface area contributed by atoms with Gasteiger partial charge < -0.3 is 9.64 Å². The third kappa shape index (κ3) is 3.78. The van der Waals surface area contributed by atoms with E-state index in [1.54, 1.807) is 0 Å². The van der Waals surface area contributed by atoms with Gasteiger partial charge in [0.05, 0.1) is 0 Å². The molecule has 0 aromatic carbocycles. The fourth-order valence-electron chi connectivity index (χ4n) is 3.77. The summed E-state index contributed by atoms with van der Waals surface area (Å²) in [5.74, 6) is 1.41. The average molecular weight is 329 g/mol. The Morgan fingerprint density at radius 1 is 1.17 bits per heavy atom. The van der Waals surface area contributed by atoms with Gasteiger partial charge in [-0.25, -0.2) is 0 Å². The van der Waals surface area contributed by atoms with Gasteiger partial charge >= 0.3 is 0 Å². The van der Waals surface area contributed by atoms with Crippen molar-refractivity contribution in [1.82, 2.24) is 14.8 Å². The molecule has 0 unspecified atom stereocenters. The molecular weight excluding hydrogens is 302 g/mol. The fourth-order valence-corrected chi connectivity index (χ4v) is 3.77. The molecule has 4 rings (SSSR count). The number of rotatable bonds is 6. The van der Waals surface area contributed by atoms with Crippen molar-refractivity contribution in [3.63, 3.8) is 0 Å². The summed E-state index contributed by atoms with van der Waals surface area (Å²) in [5.41, 5.74) is 1.32. The van der Waals surface area contributed by atoms with Crippen molar-refractivity contribution in [1.29, 1.82) is 0 Å². The summed E-state index contributed by atoms with van der Waals surface area (Å²) in [5, 5.41) is 0. The summed E-state index contributed by atoms with van der Waals surface area (Å²) in [6.07, 6.45) is 8.25. The van der Waals surface area contributed by atoms with E-state index < -0.39 is 0 Å². The molecule has 3 fully saturated rings. The van der Waals surface area contributed by atoms with E-state index in [1.807, 2.05) is 12.4 Å². The molecule has 130 valence electrons. The van der Waals surface area contributed by atoms with Crippen LogP contribution >= 0.6 is 0 Å². The number of amides is 1. The maximum absolute atomic E-state index is 12.6. The normalized spacial score (nSPS) is 22.6. The van der Waals surface area contributed by atoms with Gasteiger partial charge in [-0.05, 0) is 49.3 Å². The molecule has 1 aliphatic carbocycles. The van der Waals surface area contributed by atoms with E-state index >= 15 is 0 Å². The van der Waals surface area contributed by atoms with Crippen LogP contribution in [-0.2, 0) is 16.1 Å². The molecule has 5 heteroatoms. The molecule has 2 saturated heterocycles. The van der Waals surface area contributed by atoms with Crippen LogP contribution in [-0.4, -0.2) is 59.6 Å². The van der Waals surface area contributed by atoms with E-state index in [-0.39, 0.29) is 5.92 Å². The summed E-state index contributed by atoms with van der Waals surface area (Å²) < 4.78 is 5.37. The summed E-state index contributed by atoms with van der Waals surface area (Å²) in [7, 11) is 0. The van der Waals surface area contributed by atoms with Crippen molar-refractivity contribution in [3.05, 3.63) is 30.1 Å². The van der Waals surface area contributed by atoms with E-state index in [0.29, 0.717) is 11.9 Å². The third-order valence-corrected chi connectivity index (χ3v) is 5.59. The Labute approximate surface area is 144 Å². The first-order valence-electron chi connectivity index (χ1n) is 9.29. The van der Waals surface area contributed by atoms with Crippen LogP contribution in [0.15, 0.2) is 24.5 Å². The van der Waals surface area contributed by atoms with E-state index in [0.717, 1.165) is 51.6 Å². The van der Waals surface area contributed by atoms with Gasteiger partial charge in [0, 0.05) is 63.7 Å². The van der Waals surface area contributed by atoms with E-state index in [4.69, 9.17) is 4.74 Å². The van der Waals surface area contributed by atoms with Crippen molar-refractivity contribution in [2.75, 3.05) is 32.8 Å². The zero-order valence-electron chi connectivity index (χ0n) is 14.3. The van der Waals surface area contributed by atoms with Gasteiger partial charge in [0.15, 0.2) is 0 Å². The van der Waals surface area contributed by atoms with Gasteiger partial charge in [-0.1, -0.05) is 0 Å². The number of pyridine rings is 1. The molecule has 0 bridgehead atoms. The summed E-state index contributed by atoms with van der Waals surface area (Å²) in [4.78, 5) is 21.3. The number of likely N-dealkylation sites (tertiary alicyclic amines) is 1. The Bertz CT molecular complexity index is 549. The first-order chi connectivity index (χ1) is 11.8. The molecule has 1 saturated carbocycles. The number of nitrogens with zero attached hydrogens (tertiary/aromatic N) is 3. The van der Waals surface area contributed by atoms with E-state index in [1.165, 1.54) is 24.9 Å². The van der Waals surface area contributed by atoms with Crippen molar-refractivity contribution >= 4 is 5.91 Å². The molecule has 3 aliphatic rings. The highest BCUT2D eigenvalue weighted by molar-refractivity contribution is 5.79. The number of carbonyl (C=O) groups is 1. The summed E-state index contributed by atoms with van der Waals surface area (Å²) >= 11 is 0. The molecule has 0 N–H and O–H groups in total. The highest BCUT2D eigenvalue weighted by Crippen LogP contribution is 2.32. The van der Waals surface area contributed by atoms with Crippen molar-refractivity contribution in [3.8, 4) is 0 Å². The van der Waals surface area contributed by atoms with Crippen LogP contribution in [0.5, 0.6) is 0 Å². The largest absolute Gasteiger partial charge is 0.381 e. The molecule has 24 heavy (non-hydrogen) atoms. The zero-order valence-corrected chi connectivity index (χ0v) is 14.3. The molecule has 0 spiro atoms. The summed E-state index contributed by atoms with van der Waals surface area (Å²) in [6.45, 7) is 5.42. The minimum absolute atomic E-state index is 0.191. The minimum atomic E-state index is 0.191. The van der Waals surface area contributed by atoms with Crippen molar-refractivity contribution in [2.45, 2.75) is 38.3 Å². The van der Waals surface area contributed by atoms with Gasteiger partial charge in [-0.2, -0.15) is 0 Å². The van der Waals surface area contributed by atoms with E-state index in [9.17, 15) is 4.79 Å². The van der Waals surface area contributed by atoms with Gasteiger partial charge in [0.25, 0.3) is 0 Å². The number of hydrogen-bond acceptors (Lipinski definition) is 4. The predicted octanol–water partition coefficient (Wildman–Crippen LogP) is 1.93. The highest BCUT2D eigenvalue weighted by Gasteiger charge is 2.39. The lowest BCUT2D eigenvalue weighted by Gasteiger charge is -2.47. The molecule has 5 nitrogen and oxygen atoms in total. The zero-order chi connectivity index (χ0) is 16.4. The average Bonchev–Trinajstić information content (AvgIpc) is 3.39. The second-order valence-corrected chi connectivity index (χ2v) is 7.51. The Balaban J connectivity index is 1.32. The number of carbonyl (C=O) groups excluding carboxylic acids is 1. The van der Waals surface area contributed by atoms with Crippen molar-refractivity contribution < 1.29 is 9.53 Å². The monoisotopic (exact) mass is 329 g/mol. The molecule has 1 amide bonds. The SMILES string of the molecule is O=C(C1CCOCC1)N1CC(N(Cc2ccncc2)CC2CC2)C1. The quantitative estimate of drug-likeness (QED) is 0.800. The molecule has 0 radical (unpaired) electrons. The molecule has 1 aromatic heterocycles. The molecule has 2 aliphatic heterocycles. The number of hydrogen-bond donors (Lipinski definition) is 0. The molecular formula is C19H27N3O2. The Hall–Kier alpha value is -1.46. The smallest absolute Gasteiger partial charge is 0.225 e. The van der Waals surface area contributed by atoms with Crippen LogP contribution in [0.3, 0.4) is 0 Å². The fraction of sp³-hybridized carbons (Fsp3) is 0.684. The lowest BCUT2D eigenvalue weighted by Crippen LogP contribution is -2.62. The third-order valence-electron chi connectivity index (χ3n) is 5.59. The number of ether oxygens (including phenoxy) is 1. The highest BCUT2D eigenvalue weighted by atomic mass is 16.5. The topological polar surface area (TPSA) is 45.7 Å². The minimum Gasteiger partial charge on any atom is -0.381 e. The Kier molecular flexibility index (Phi) is 4.81.